The lowest BCUT2D eigenvalue weighted by molar-refractivity contribution is 0.163. The summed E-state index contributed by atoms with van der Waals surface area (Å²) in [5, 5.41) is 3.43. The first-order valence-electron chi connectivity index (χ1n) is 6.67. The van der Waals surface area contributed by atoms with Crippen LogP contribution in [0.1, 0.15) is 24.6 Å². The summed E-state index contributed by atoms with van der Waals surface area (Å²) >= 11 is 0. The number of methoxy groups -OCH3 is 1. The van der Waals surface area contributed by atoms with Gasteiger partial charge < -0.3 is 19.5 Å². The van der Waals surface area contributed by atoms with Gasteiger partial charge in [0.25, 0.3) is 0 Å². The van der Waals surface area contributed by atoms with Crippen molar-refractivity contribution in [3.05, 3.63) is 11.9 Å². The average molecular weight is 252 g/mol. The van der Waals surface area contributed by atoms with Crippen LogP contribution in [0.25, 0.3) is 0 Å². The predicted octanol–water partition coefficient (Wildman–Crippen LogP) is 1.52. The number of aryl methyl sites for hydroxylation is 1. The largest absolute Gasteiger partial charge is 0.383 e. The smallest absolute Gasteiger partial charge is 0.203 e. The van der Waals surface area contributed by atoms with Gasteiger partial charge in [-0.2, -0.15) is 0 Å². The number of imidazole rings is 1. The van der Waals surface area contributed by atoms with Crippen molar-refractivity contribution < 1.29 is 4.74 Å². The van der Waals surface area contributed by atoms with Crippen LogP contribution in [0, 0.1) is 6.92 Å². The standard InChI is InChI=1S/C13H24N4O/c1-11-10-17(12-4-5-12)13(15-11)14-6-7-16(2)8-9-18-3/h10,12H,4-9H2,1-3H3,(H,14,15). The summed E-state index contributed by atoms with van der Waals surface area (Å²) in [5.74, 6) is 1.02. The summed E-state index contributed by atoms with van der Waals surface area (Å²) in [7, 11) is 3.85. The van der Waals surface area contributed by atoms with Crippen LogP contribution in [0.5, 0.6) is 0 Å². The van der Waals surface area contributed by atoms with Gasteiger partial charge in [0.2, 0.25) is 5.95 Å². The van der Waals surface area contributed by atoms with Crippen LogP contribution in [0.3, 0.4) is 0 Å². The van der Waals surface area contributed by atoms with E-state index in [1.54, 1.807) is 7.11 Å². The second-order valence-corrected chi connectivity index (χ2v) is 5.07. The highest BCUT2D eigenvalue weighted by molar-refractivity contribution is 5.30. The second kappa shape index (κ2) is 6.20. The van der Waals surface area contributed by atoms with Crippen LogP contribution in [0.4, 0.5) is 5.95 Å². The van der Waals surface area contributed by atoms with Crippen LogP contribution >= 0.6 is 0 Å². The molecule has 5 heteroatoms. The van der Waals surface area contributed by atoms with Crippen molar-refractivity contribution in [3.63, 3.8) is 0 Å². The Kier molecular flexibility index (Phi) is 4.60. The zero-order valence-corrected chi connectivity index (χ0v) is 11.6. The van der Waals surface area contributed by atoms with Gasteiger partial charge in [0, 0.05) is 39.0 Å². The first-order chi connectivity index (χ1) is 8.70. The topological polar surface area (TPSA) is 42.3 Å². The van der Waals surface area contributed by atoms with Crippen molar-refractivity contribution in [2.24, 2.45) is 0 Å². The minimum atomic E-state index is 0.680. The van der Waals surface area contributed by atoms with Gasteiger partial charge in [-0.15, -0.1) is 0 Å². The van der Waals surface area contributed by atoms with E-state index in [1.165, 1.54) is 12.8 Å². The lowest BCUT2D eigenvalue weighted by Gasteiger charge is -2.16. The predicted molar refractivity (Wildman–Crippen MR) is 73.1 cm³/mol. The Morgan fingerprint density at radius 3 is 2.94 bits per heavy atom. The number of likely N-dealkylation sites (N-methyl/N-ethyl adjacent to an activating group) is 1. The monoisotopic (exact) mass is 252 g/mol. The molecule has 1 aromatic heterocycles. The first-order valence-corrected chi connectivity index (χ1v) is 6.67. The van der Waals surface area contributed by atoms with E-state index in [1.807, 2.05) is 0 Å². The number of aromatic nitrogens is 2. The molecule has 0 spiro atoms. The third-order valence-corrected chi connectivity index (χ3v) is 3.25. The van der Waals surface area contributed by atoms with E-state index in [9.17, 15) is 0 Å². The van der Waals surface area contributed by atoms with Crippen molar-refractivity contribution in [3.8, 4) is 0 Å². The number of anilines is 1. The minimum Gasteiger partial charge on any atom is -0.383 e. The van der Waals surface area contributed by atoms with Crippen molar-refractivity contribution >= 4 is 5.95 Å². The van der Waals surface area contributed by atoms with E-state index < -0.39 is 0 Å². The van der Waals surface area contributed by atoms with Gasteiger partial charge in [-0.3, -0.25) is 0 Å². The Balaban J connectivity index is 1.76. The number of rotatable bonds is 8. The summed E-state index contributed by atoms with van der Waals surface area (Å²) in [6.45, 7) is 5.72. The molecule has 0 bridgehead atoms. The molecule has 1 saturated carbocycles. The van der Waals surface area contributed by atoms with Crippen LogP contribution < -0.4 is 5.32 Å². The van der Waals surface area contributed by atoms with E-state index in [0.717, 1.165) is 37.9 Å². The third kappa shape index (κ3) is 3.71. The Labute approximate surface area is 109 Å². The van der Waals surface area contributed by atoms with Crippen molar-refractivity contribution in [1.82, 2.24) is 14.5 Å². The van der Waals surface area contributed by atoms with Crippen LogP contribution in [0.2, 0.25) is 0 Å². The molecule has 102 valence electrons. The maximum Gasteiger partial charge on any atom is 0.203 e. The molecule has 1 fully saturated rings. The van der Waals surface area contributed by atoms with Crippen molar-refractivity contribution in [2.75, 3.05) is 45.7 Å². The molecule has 0 aromatic carbocycles. The maximum atomic E-state index is 5.06. The SMILES string of the molecule is COCCN(C)CCNc1nc(C)cn1C1CC1. The van der Waals surface area contributed by atoms with E-state index in [2.05, 4.69) is 39.9 Å². The molecular formula is C13H24N4O. The van der Waals surface area contributed by atoms with Gasteiger partial charge in [0.05, 0.1) is 12.3 Å². The van der Waals surface area contributed by atoms with Gasteiger partial charge in [0.15, 0.2) is 0 Å². The molecule has 0 radical (unpaired) electrons. The van der Waals surface area contributed by atoms with E-state index in [-0.39, 0.29) is 0 Å². The average Bonchev–Trinajstić information content (AvgIpc) is 3.11. The highest BCUT2D eigenvalue weighted by atomic mass is 16.5. The maximum absolute atomic E-state index is 5.06. The molecule has 5 nitrogen and oxygen atoms in total. The first kappa shape index (κ1) is 13.4. The Hall–Kier alpha value is -1.07. The summed E-state index contributed by atoms with van der Waals surface area (Å²) < 4.78 is 7.34. The molecule has 0 unspecified atom stereocenters. The lowest BCUT2D eigenvalue weighted by Crippen LogP contribution is -2.28. The molecule has 0 saturated heterocycles. The zero-order chi connectivity index (χ0) is 13.0. The number of ether oxygens (including phenoxy) is 1. The quantitative estimate of drug-likeness (QED) is 0.761. The van der Waals surface area contributed by atoms with E-state index >= 15 is 0 Å². The molecule has 0 aliphatic heterocycles. The molecule has 1 N–H and O–H groups in total. The summed E-state index contributed by atoms with van der Waals surface area (Å²) in [4.78, 5) is 6.80. The summed E-state index contributed by atoms with van der Waals surface area (Å²) in [5.41, 5.74) is 1.09. The van der Waals surface area contributed by atoms with Crippen LogP contribution in [-0.2, 0) is 4.74 Å². The van der Waals surface area contributed by atoms with Gasteiger partial charge in [-0.05, 0) is 26.8 Å². The third-order valence-electron chi connectivity index (χ3n) is 3.25. The van der Waals surface area contributed by atoms with E-state index in [0.29, 0.717) is 6.04 Å². The lowest BCUT2D eigenvalue weighted by atomic mass is 10.5. The molecular weight excluding hydrogens is 228 g/mol. The fourth-order valence-electron chi connectivity index (χ4n) is 2.00. The second-order valence-electron chi connectivity index (χ2n) is 5.07. The van der Waals surface area contributed by atoms with Gasteiger partial charge in [-0.1, -0.05) is 0 Å². The molecule has 1 aromatic rings. The molecule has 1 aliphatic carbocycles. The normalized spacial score (nSPS) is 15.3. The van der Waals surface area contributed by atoms with Gasteiger partial charge in [0.1, 0.15) is 0 Å². The number of hydrogen-bond acceptors (Lipinski definition) is 4. The fraction of sp³-hybridized carbons (Fsp3) is 0.769. The van der Waals surface area contributed by atoms with Crippen LogP contribution in [0.15, 0.2) is 6.20 Å². The Morgan fingerprint density at radius 2 is 2.28 bits per heavy atom. The minimum absolute atomic E-state index is 0.680. The van der Waals surface area contributed by atoms with Gasteiger partial charge in [-0.25, -0.2) is 4.98 Å². The Morgan fingerprint density at radius 1 is 1.50 bits per heavy atom. The van der Waals surface area contributed by atoms with Gasteiger partial charge >= 0.3 is 0 Å². The Bertz CT molecular complexity index is 373. The molecule has 18 heavy (non-hydrogen) atoms. The number of nitrogens with one attached hydrogen (secondary N) is 1. The summed E-state index contributed by atoms with van der Waals surface area (Å²) in [6.07, 6.45) is 4.73. The molecule has 1 aliphatic rings. The fourth-order valence-corrected chi connectivity index (χ4v) is 2.00. The highest BCUT2D eigenvalue weighted by Gasteiger charge is 2.26. The number of hydrogen-bond donors (Lipinski definition) is 1. The highest BCUT2D eigenvalue weighted by Crippen LogP contribution is 2.37. The molecule has 0 amide bonds. The number of nitrogens with zero attached hydrogens (tertiary/aromatic N) is 3. The molecule has 1 heterocycles. The van der Waals surface area contributed by atoms with Crippen molar-refractivity contribution in [2.45, 2.75) is 25.8 Å². The molecule has 2 rings (SSSR count). The van der Waals surface area contributed by atoms with E-state index in [4.69, 9.17) is 4.74 Å². The summed E-state index contributed by atoms with van der Waals surface area (Å²) in [6, 6.07) is 0.680. The van der Waals surface area contributed by atoms with Crippen molar-refractivity contribution in [1.29, 1.82) is 0 Å². The zero-order valence-electron chi connectivity index (χ0n) is 11.6. The molecule has 0 atom stereocenters. The van der Waals surface area contributed by atoms with Crippen LogP contribution in [-0.4, -0.2) is 54.8 Å².